The molecule has 3 rings (SSSR count). The van der Waals surface area contributed by atoms with E-state index in [2.05, 4.69) is 5.32 Å². The number of likely N-dealkylation sites (tertiary alicyclic amines) is 1. The molecule has 1 unspecified atom stereocenters. The highest BCUT2D eigenvalue weighted by atomic mass is 16.2. The molecule has 1 aliphatic carbocycles. The van der Waals surface area contributed by atoms with Gasteiger partial charge in [0.1, 0.15) is 0 Å². The van der Waals surface area contributed by atoms with Crippen LogP contribution in [0.25, 0.3) is 0 Å². The zero-order valence-corrected chi connectivity index (χ0v) is 12.8. The molecule has 1 aromatic carbocycles. The minimum atomic E-state index is -0.0959. The lowest BCUT2D eigenvalue weighted by molar-refractivity contribution is -0.126. The molecule has 118 valence electrons. The van der Waals surface area contributed by atoms with E-state index in [1.165, 1.54) is 12.8 Å². The van der Waals surface area contributed by atoms with Gasteiger partial charge in [0.15, 0.2) is 0 Å². The van der Waals surface area contributed by atoms with E-state index in [4.69, 9.17) is 5.73 Å². The minimum Gasteiger partial charge on any atom is -0.398 e. The Morgan fingerprint density at radius 2 is 2.00 bits per heavy atom. The van der Waals surface area contributed by atoms with E-state index in [1.807, 2.05) is 12.1 Å². The Morgan fingerprint density at radius 3 is 2.73 bits per heavy atom. The number of hydrogen-bond acceptors (Lipinski definition) is 3. The van der Waals surface area contributed by atoms with Gasteiger partial charge in [-0.15, -0.1) is 0 Å². The lowest BCUT2D eigenvalue weighted by Gasteiger charge is -2.32. The van der Waals surface area contributed by atoms with E-state index in [1.54, 1.807) is 17.0 Å². The fourth-order valence-electron chi connectivity index (χ4n) is 2.95. The van der Waals surface area contributed by atoms with Crippen molar-refractivity contribution >= 4 is 17.5 Å². The van der Waals surface area contributed by atoms with Crippen molar-refractivity contribution in [3.8, 4) is 0 Å². The molecule has 3 N–H and O–H groups in total. The first-order valence-electron chi connectivity index (χ1n) is 8.06. The Morgan fingerprint density at radius 1 is 1.23 bits per heavy atom. The number of piperidine rings is 1. The van der Waals surface area contributed by atoms with Gasteiger partial charge in [0, 0.05) is 25.3 Å². The average Bonchev–Trinajstić information content (AvgIpc) is 3.37. The normalized spacial score (nSPS) is 21.5. The lowest BCUT2D eigenvalue weighted by Crippen LogP contribution is -2.45. The fraction of sp³-hybridized carbons (Fsp3) is 0.529. The summed E-state index contributed by atoms with van der Waals surface area (Å²) >= 11 is 0. The quantitative estimate of drug-likeness (QED) is 0.830. The van der Waals surface area contributed by atoms with Gasteiger partial charge >= 0.3 is 0 Å². The van der Waals surface area contributed by atoms with Crippen LogP contribution >= 0.6 is 0 Å². The minimum absolute atomic E-state index is 0.0715. The molecule has 5 heteroatoms. The molecule has 2 aliphatic rings. The summed E-state index contributed by atoms with van der Waals surface area (Å²) in [7, 11) is 0. The Bertz CT molecular complexity index is 569. The maximum absolute atomic E-state index is 12.6. The maximum Gasteiger partial charge on any atom is 0.255 e. The molecule has 5 nitrogen and oxygen atoms in total. The van der Waals surface area contributed by atoms with Crippen LogP contribution in [-0.2, 0) is 4.79 Å². The molecule has 2 fully saturated rings. The molecule has 1 aliphatic heterocycles. The van der Waals surface area contributed by atoms with Gasteiger partial charge in [0.2, 0.25) is 5.91 Å². The Labute approximate surface area is 130 Å². The fourth-order valence-corrected chi connectivity index (χ4v) is 2.95. The smallest absolute Gasteiger partial charge is 0.255 e. The van der Waals surface area contributed by atoms with Gasteiger partial charge in [-0.2, -0.15) is 0 Å². The number of para-hydroxylation sites is 1. The molecular weight excluding hydrogens is 278 g/mol. The van der Waals surface area contributed by atoms with Crippen molar-refractivity contribution in [2.45, 2.75) is 25.7 Å². The van der Waals surface area contributed by atoms with Gasteiger partial charge in [-0.3, -0.25) is 9.59 Å². The van der Waals surface area contributed by atoms with Gasteiger partial charge in [0.25, 0.3) is 5.91 Å². The summed E-state index contributed by atoms with van der Waals surface area (Å²) in [5, 5.41) is 3.02. The molecule has 1 saturated heterocycles. The van der Waals surface area contributed by atoms with Crippen LogP contribution in [0.3, 0.4) is 0 Å². The number of rotatable bonds is 4. The van der Waals surface area contributed by atoms with Crippen molar-refractivity contribution in [1.82, 2.24) is 10.2 Å². The summed E-state index contributed by atoms with van der Waals surface area (Å²) in [5.41, 5.74) is 6.91. The maximum atomic E-state index is 12.6. The number of nitrogens with one attached hydrogen (secondary N) is 1. The number of anilines is 1. The van der Waals surface area contributed by atoms with E-state index in [-0.39, 0.29) is 17.7 Å². The van der Waals surface area contributed by atoms with Gasteiger partial charge in [-0.25, -0.2) is 0 Å². The molecule has 1 atom stereocenters. The summed E-state index contributed by atoms with van der Waals surface area (Å²) in [5.74, 6) is 0.596. The molecule has 1 aromatic rings. The highest BCUT2D eigenvalue weighted by molar-refractivity contribution is 5.99. The van der Waals surface area contributed by atoms with Gasteiger partial charge in [-0.1, -0.05) is 12.1 Å². The lowest BCUT2D eigenvalue weighted by atomic mass is 9.96. The first-order valence-corrected chi connectivity index (χ1v) is 8.06. The van der Waals surface area contributed by atoms with Crippen molar-refractivity contribution in [3.63, 3.8) is 0 Å². The second-order valence-corrected chi connectivity index (χ2v) is 6.37. The number of nitrogens with zero attached hydrogens (tertiary/aromatic N) is 1. The number of amides is 2. The number of hydrogen-bond donors (Lipinski definition) is 2. The molecule has 1 saturated carbocycles. The molecular formula is C17H23N3O2. The van der Waals surface area contributed by atoms with Crippen molar-refractivity contribution in [1.29, 1.82) is 0 Å². The molecule has 2 amide bonds. The van der Waals surface area contributed by atoms with E-state index in [0.29, 0.717) is 30.3 Å². The summed E-state index contributed by atoms with van der Waals surface area (Å²) in [6.07, 6.45) is 4.16. The van der Waals surface area contributed by atoms with Crippen LogP contribution in [0, 0.1) is 11.8 Å². The standard InChI is InChI=1S/C17H23N3O2/c18-15-6-2-1-5-14(15)17(22)20-9-3-4-13(11-20)16(21)19-10-12-7-8-12/h1-2,5-6,12-13H,3-4,7-11,18H2,(H,19,21). The largest absolute Gasteiger partial charge is 0.398 e. The zero-order valence-electron chi connectivity index (χ0n) is 12.8. The van der Waals surface area contributed by atoms with Crippen molar-refractivity contribution < 1.29 is 9.59 Å². The number of carbonyl (C=O) groups is 2. The molecule has 1 heterocycles. The average molecular weight is 301 g/mol. The third-order valence-corrected chi connectivity index (χ3v) is 4.53. The van der Waals surface area contributed by atoms with Crippen molar-refractivity contribution in [2.75, 3.05) is 25.4 Å². The number of benzene rings is 1. The Kier molecular flexibility index (Phi) is 4.32. The monoisotopic (exact) mass is 301 g/mol. The zero-order chi connectivity index (χ0) is 15.5. The van der Waals surface area contributed by atoms with E-state index in [9.17, 15) is 9.59 Å². The summed E-state index contributed by atoms with van der Waals surface area (Å²) < 4.78 is 0. The predicted octanol–water partition coefficient (Wildman–Crippen LogP) is 1.65. The first kappa shape index (κ1) is 14.9. The first-order chi connectivity index (χ1) is 10.6. The Balaban J connectivity index is 1.61. The predicted molar refractivity (Wildman–Crippen MR) is 85.2 cm³/mol. The van der Waals surface area contributed by atoms with E-state index in [0.717, 1.165) is 19.4 Å². The SMILES string of the molecule is Nc1ccccc1C(=O)N1CCCC(C(=O)NCC2CC2)C1. The van der Waals surface area contributed by atoms with Crippen LogP contribution in [0.15, 0.2) is 24.3 Å². The molecule has 0 aromatic heterocycles. The summed E-state index contributed by atoms with van der Waals surface area (Å²) in [6.45, 7) is 1.97. The van der Waals surface area contributed by atoms with Crippen LogP contribution in [-0.4, -0.2) is 36.3 Å². The molecule has 0 bridgehead atoms. The number of nitrogens with two attached hydrogens (primary N) is 1. The second kappa shape index (κ2) is 6.38. The molecule has 0 radical (unpaired) electrons. The second-order valence-electron chi connectivity index (χ2n) is 6.37. The van der Waals surface area contributed by atoms with Crippen molar-refractivity contribution in [2.24, 2.45) is 11.8 Å². The van der Waals surface area contributed by atoms with Crippen LogP contribution in [0.2, 0.25) is 0 Å². The Hall–Kier alpha value is -2.04. The van der Waals surface area contributed by atoms with Gasteiger partial charge < -0.3 is 16.0 Å². The van der Waals surface area contributed by atoms with Crippen LogP contribution in [0.4, 0.5) is 5.69 Å². The van der Waals surface area contributed by atoms with E-state index >= 15 is 0 Å². The van der Waals surface area contributed by atoms with Crippen LogP contribution in [0.5, 0.6) is 0 Å². The van der Waals surface area contributed by atoms with Crippen molar-refractivity contribution in [3.05, 3.63) is 29.8 Å². The van der Waals surface area contributed by atoms with Crippen LogP contribution < -0.4 is 11.1 Å². The van der Waals surface area contributed by atoms with Crippen LogP contribution in [0.1, 0.15) is 36.0 Å². The molecule has 0 spiro atoms. The topological polar surface area (TPSA) is 75.4 Å². The van der Waals surface area contributed by atoms with Gasteiger partial charge in [-0.05, 0) is 43.7 Å². The summed E-state index contributed by atoms with van der Waals surface area (Å²) in [6, 6.07) is 7.11. The number of carbonyl (C=O) groups excluding carboxylic acids is 2. The van der Waals surface area contributed by atoms with E-state index < -0.39 is 0 Å². The third-order valence-electron chi connectivity index (χ3n) is 4.53. The highest BCUT2D eigenvalue weighted by Gasteiger charge is 2.30. The molecule has 22 heavy (non-hydrogen) atoms. The van der Waals surface area contributed by atoms with Gasteiger partial charge in [0.05, 0.1) is 11.5 Å². The number of nitrogen functional groups attached to an aromatic ring is 1. The highest BCUT2D eigenvalue weighted by Crippen LogP contribution is 2.28. The third kappa shape index (κ3) is 3.40. The summed E-state index contributed by atoms with van der Waals surface area (Å²) in [4.78, 5) is 26.6.